The van der Waals surface area contributed by atoms with Crippen molar-refractivity contribution in [2.45, 2.75) is 11.8 Å². The second-order valence-electron chi connectivity index (χ2n) is 4.11. The fourth-order valence-electron chi connectivity index (χ4n) is 1.77. The predicted molar refractivity (Wildman–Crippen MR) is 78.2 cm³/mol. The average Bonchev–Trinajstić information content (AvgIpc) is 2.81. The molecule has 0 aliphatic rings. The maximum Gasteiger partial charge on any atom is 0.171 e. The van der Waals surface area contributed by atoms with Crippen LogP contribution in [-0.4, -0.2) is 18.1 Å². The minimum atomic E-state index is -1.31. The van der Waals surface area contributed by atoms with Gasteiger partial charge in [0.05, 0.1) is 11.1 Å². The predicted octanol–water partition coefficient (Wildman–Crippen LogP) is 3.07. The third-order valence-corrected chi connectivity index (χ3v) is 4.44. The highest BCUT2D eigenvalue weighted by Gasteiger charge is 2.11. The van der Waals surface area contributed by atoms with E-state index in [0.717, 1.165) is 16.0 Å². The first-order valence-electron chi connectivity index (χ1n) is 5.64. The van der Waals surface area contributed by atoms with E-state index in [9.17, 15) is 4.21 Å². The lowest BCUT2D eigenvalue weighted by Gasteiger charge is -2.04. The van der Waals surface area contributed by atoms with Crippen molar-refractivity contribution < 1.29 is 4.21 Å². The minimum absolute atomic E-state index is 0.613. The Balaban J connectivity index is 2.09. The van der Waals surface area contributed by atoms with Gasteiger partial charge in [-0.2, -0.15) is 0 Å². The van der Waals surface area contributed by atoms with Crippen LogP contribution < -0.4 is 0 Å². The van der Waals surface area contributed by atoms with E-state index in [1.807, 2.05) is 31.2 Å². The lowest BCUT2D eigenvalue weighted by Crippen LogP contribution is -2.04. The van der Waals surface area contributed by atoms with Gasteiger partial charge in [0, 0.05) is 6.20 Å². The number of benzene rings is 1. The third kappa shape index (κ3) is 2.33. The minimum Gasteiger partial charge on any atom is -0.245 e. The molecule has 0 aliphatic carbocycles. The first-order valence-corrected chi connectivity index (χ1v) is 7.53. The molecule has 0 saturated carbocycles. The molecule has 0 N–H and O–H groups in total. The van der Waals surface area contributed by atoms with Gasteiger partial charge in [-0.3, -0.25) is 0 Å². The van der Waals surface area contributed by atoms with Crippen LogP contribution in [0.4, 0.5) is 0 Å². The molecule has 6 heteroatoms. The molecule has 0 fully saturated rings. The number of fused-ring (bicyclic) bond motifs is 1. The van der Waals surface area contributed by atoms with Crippen molar-refractivity contribution in [1.82, 2.24) is 13.9 Å². The molecule has 96 valence electrons. The van der Waals surface area contributed by atoms with Crippen molar-refractivity contribution in [3.05, 3.63) is 52.9 Å². The highest BCUT2D eigenvalue weighted by Crippen LogP contribution is 2.18. The molecule has 0 aliphatic heterocycles. The SMILES string of the molecule is Cc1ccc(S(=O)n2ccc3nc(Br)cnc32)cc1. The van der Waals surface area contributed by atoms with Crippen LogP contribution in [0.3, 0.4) is 0 Å². The normalized spacial score (nSPS) is 12.7. The second-order valence-corrected chi connectivity index (χ2v) is 6.28. The van der Waals surface area contributed by atoms with E-state index in [1.54, 1.807) is 22.4 Å². The number of aromatic nitrogens is 3. The van der Waals surface area contributed by atoms with Crippen molar-refractivity contribution in [2.24, 2.45) is 0 Å². The van der Waals surface area contributed by atoms with Crippen LogP contribution in [0.5, 0.6) is 0 Å². The third-order valence-electron chi connectivity index (χ3n) is 2.73. The Morgan fingerprint density at radius 2 is 1.95 bits per heavy atom. The van der Waals surface area contributed by atoms with Gasteiger partial charge in [0.1, 0.15) is 10.1 Å². The van der Waals surface area contributed by atoms with Crippen molar-refractivity contribution in [3.63, 3.8) is 0 Å². The van der Waals surface area contributed by atoms with Gasteiger partial charge in [0.2, 0.25) is 0 Å². The summed E-state index contributed by atoms with van der Waals surface area (Å²) in [6, 6.07) is 9.43. The highest BCUT2D eigenvalue weighted by atomic mass is 79.9. The van der Waals surface area contributed by atoms with Crippen LogP contribution in [0.25, 0.3) is 11.2 Å². The van der Waals surface area contributed by atoms with E-state index in [0.29, 0.717) is 10.3 Å². The van der Waals surface area contributed by atoms with E-state index in [1.165, 1.54) is 0 Å². The van der Waals surface area contributed by atoms with Crippen LogP contribution in [0.1, 0.15) is 5.56 Å². The molecule has 3 aromatic rings. The fraction of sp³-hybridized carbons (Fsp3) is 0.0769. The first-order chi connectivity index (χ1) is 9.15. The molecule has 0 radical (unpaired) electrons. The summed E-state index contributed by atoms with van der Waals surface area (Å²) in [6.45, 7) is 2.00. The Labute approximate surface area is 121 Å². The van der Waals surface area contributed by atoms with Crippen LogP contribution in [-0.2, 0) is 11.0 Å². The van der Waals surface area contributed by atoms with Crippen molar-refractivity contribution in [1.29, 1.82) is 0 Å². The summed E-state index contributed by atoms with van der Waals surface area (Å²) in [5, 5.41) is 0. The Hall–Kier alpha value is -1.53. The molecular formula is C13H10BrN3OS. The van der Waals surface area contributed by atoms with Crippen molar-refractivity contribution >= 4 is 38.1 Å². The molecule has 4 nitrogen and oxygen atoms in total. The zero-order valence-electron chi connectivity index (χ0n) is 10.1. The Morgan fingerprint density at radius 1 is 1.21 bits per heavy atom. The molecule has 19 heavy (non-hydrogen) atoms. The molecule has 2 heterocycles. The zero-order valence-corrected chi connectivity index (χ0v) is 12.5. The number of aryl methyl sites for hydroxylation is 1. The number of rotatable bonds is 2. The van der Waals surface area contributed by atoms with Crippen molar-refractivity contribution in [2.75, 3.05) is 0 Å². The molecular weight excluding hydrogens is 326 g/mol. The van der Waals surface area contributed by atoms with E-state index >= 15 is 0 Å². The quantitative estimate of drug-likeness (QED) is 0.723. The lowest BCUT2D eigenvalue weighted by atomic mass is 10.2. The van der Waals surface area contributed by atoms with Gasteiger partial charge in [-0.05, 0) is 41.1 Å². The maximum absolute atomic E-state index is 12.5. The van der Waals surface area contributed by atoms with Gasteiger partial charge >= 0.3 is 0 Å². The first kappa shape index (κ1) is 12.5. The summed E-state index contributed by atoms with van der Waals surface area (Å²) in [5.74, 6) is 0. The monoisotopic (exact) mass is 335 g/mol. The molecule has 1 unspecified atom stereocenters. The summed E-state index contributed by atoms with van der Waals surface area (Å²) in [4.78, 5) is 9.29. The topological polar surface area (TPSA) is 47.8 Å². The summed E-state index contributed by atoms with van der Waals surface area (Å²) >= 11 is 3.27. The summed E-state index contributed by atoms with van der Waals surface area (Å²) in [7, 11) is -1.31. The van der Waals surface area contributed by atoms with Gasteiger partial charge in [-0.1, -0.05) is 17.7 Å². The Bertz CT molecular complexity index is 767. The zero-order chi connectivity index (χ0) is 13.4. The molecule has 1 atom stereocenters. The van der Waals surface area contributed by atoms with Crippen LogP contribution >= 0.6 is 15.9 Å². The maximum atomic E-state index is 12.5. The summed E-state index contributed by atoms with van der Waals surface area (Å²) in [5.41, 5.74) is 2.47. The number of hydrogen-bond donors (Lipinski definition) is 0. The smallest absolute Gasteiger partial charge is 0.171 e. The second kappa shape index (κ2) is 4.86. The standard InChI is InChI=1S/C13H10BrN3OS/c1-9-2-4-10(5-3-9)19(18)17-7-6-11-13(17)15-8-12(14)16-11/h2-8H,1H3. The largest absolute Gasteiger partial charge is 0.245 e. The summed E-state index contributed by atoms with van der Waals surface area (Å²) < 4.78 is 14.8. The van der Waals surface area contributed by atoms with Crippen LogP contribution in [0.2, 0.25) is 0 Å². The number of nitrogens with zero attached hydrogens (tertiary/aromatic N) is 3. The lowest BCUT2D eigenvalue weighted by molar-refractivity contribution is 0.678. The van der Waals surface area contributed by atoms with Crippen molar-refractivity contribution in [3.8, 4) is 0 Å². The molecule has 0 amide bonds. The van der Waals surface area contributed by atoms with E-state index in [-0.39, 0.29) is 0 Å². The summed E-state index contributed by atoms with van der Waals surface area (Å²) in [6.07, 6.45) is 3.35. The van der Waals surface area contributed by atoms with Gasteiger partial charge in [-0.15, -0.1) is 0 Å². The molecule has 2 aromatic heterocycles. The molecule has 0 bridgehead atoms. The Morgan fingerprint density at radius 3 is 2.68 bits per heavy atom. The van der Waals surface area contributed by atoms with E-state index < -0.39 is 11.0 Å². The Kier molecular flexibility index (Phi) is 3.20. The van der Waals surface area contributed by atoms with Crippen LogP contribution in [0, 0.1) is 6.92 Å². The van der Waals surface area contributed by atoms with Gasteiger partial charge in [0.15, 0.2) is 16.6 Å². The highest BCUT2D eigenvalue weighted by molar-refractivity contribution is 9.10. The van der Waals surface area contributed by atoms with Gasteiger partial charge in [0.25, 0.3) is 0 Å². The van der Waals surface area contributed by atoms with Crippen LogP contribution in [0.15, 0.2) is 52.2 Å². The van der Waals surface area contributed by atoms with E-state index in [4.69, 9.17) is 0 Å². The molecule has 3 rings (SSSR count). The molecule has 0 spiro atoms. The molecule has 0 saturated heterocycles. The number of hydrogen-bond acceptors (Lipinski definition) is 3. The van der Waals surface area contributed by atoms with E-state index in [2.05, 4.69) is 25.9 Å². The number of halogens is 1. The van der Waals surface area contributed by atoms with Gasteiger partial charge in [-0.25, -0.2) is 18.1 Å². The fourth-order valence-corrected chi connectivity index (χ4v) is 3.13. The average molecular weight is 336 g/mol. The molecule has 1 aromatic carbocycles. The van der Waals surface area contributed by atoms with Gasteiger partial charge < -0.3 is 0 Å².